The van der Waals surface area contributed by atoms with Crippen LogP contribution < -0.4 is 4.74 Å². The lowest BCUT2D eigenvalue weighted by Gasteiger charge is -2.08. The average Bonchev–Trinajstić information content (AvgIpc) is 2.99. The third-order valence-corrected chi connectivity index (χ3v) is 4.62. The molecule has 0 amide bonds. The summed E-state index contributed by atoms with van der Waals surface area (Å²) in [6, 6.07) is 4.68. The first kappa shape index (κ1) is 15.9. The Labute approximate surface area is 138 Å². The predicted octanol–water partition coefficient (Wildman–Crippen LogP) is 4.83. The maximum Gasteiger partial charge on any atom is 0.354 e. The van der Waals surface area contributed by atoms with Crippen molar-refractivity contribution in [3.63, 3.8) is 0 Å². The van der Waals surface area contributed by atoms with Crippen molar-refractivity contribution >= 4 is 43.5 Å². The number of hydrogen-bond acceptors (Lipinski definition) is 4. The summed E-state index contributed by atoms with van der Waals surface area (Å²) in [6.07, 6.45) is 1.50. The summed E-state index contributed by atoms with van der Waals surface area (Å²) >= 11 is 3.34. The summed E-state index contributed by atoms with van der Waals surface area (Å²) in [5.41, 5.74) is 0.485. The summed E-state index contributed by atoms with van der Waals surface area (Å²) in [5, 5.41) is 0. The molecule has 0 aliphatic rings. The molecule has 23 heavy (non-hydrogen) atoms. The smallest absolute Gasteiger partial charge is 0.354 e. The van der Waals surface area contributed by atoms with Gasteiger partial charge in [-0.3, -0.25) is 4.98 Å². The number of ether oxygens (including phenoxy) is 1. The fourth-order valence-electron chi connectivity index (χ4n) is 1.79. The highest BCUT2D eigenvalue weighted by molar-refractivity contribution is 9.10. The van der Waals surface area contributed by atoms with E-state index in [-0.39, 0.29) is 4.88 Å². The van der Waals surface area contributed by atoms with E-state index in [1.807, 2.05) is 0 Å². The van der Waals surface area contributed by atoms with Crippen LogP contribution in [0.4, 0.5) is 17.6 Å². The van der Waals surface area contributed by atoms with Crippen LogP contribution in [0, 0.1) is 23.3 Å². The molecule has 0 aliphatic heterocycles. The zero-order chi connectivity index (χ0) is 16.7. The number of pyridine rings is 1. The van der Waals surface area contributed by atoms with Crippen LogP contribution >= 0.6 is 27.3 Å². The molecular weight excluding hydrogens is 402 g/mol. The van der Waals surface area contributed by atoms with Crippen LogP contribution in [0.3, 0.4) is 0 Å². The third-order valence-electron chi connectivity index (χ3n) is 2.85. The number of rotatable bonds is 2. The van der Waals surface area contributed by atoms with Gasteiger partial charge in [0.1, 0.15) is 4.88 Å². The van der Waals surface area contributed by atoms with Gasteiger partial charge in [-0.05, 0) is 34.1 Å². The molecule has 3 aromatic rings. The van der Waals surface area contributed by atoms with Gasteiger partial charge in [-0.15, -0.1) is 11.3 Å². The first-order valence-electron chi connectivity index (χ1n) is 5.98. The van der Waals surface area contributed by atoms with Crippen molar-refractivity contribution < 1.29 is 27.1 Å². The second-order valence-corrected chi connectivity index (χ2v) is 6.16. The number of hydrogen-bond donors (Lipinski definition) is 0. The molecule has 2 aromatic heterocycles. The van der Waals surface area contributed by atoms with Gasteiger partial charge in [0.2, 0.25) is 17.4 Å². The van der Waals surface area contributed by atoms with Crippen molar-refractivity contribution in [3.8, 4) is 5.75 Å². The van der Waals surface area contributed by atoms with Gasteiger partial charge in [-0.2, -0.15) is 8.78 Å². The Kier molecular flexibility index (Phi) is 4.07. The average molecular weight is 406 g/mol. The van der Waals surface area contributed by atoms with E-state index in [4.69, 9.17) is 0 Å². The van der Waals surface area contributed by atoms with Gasteiger partial charge < -0.3 is 4.74 Å². The Hall–Kier alpha value is -2.00. The molecule has 0 spiro atoms. The minimum absolute atomic E-state index is 0.0127. The van der Waals surface area contributed by atoms with Gasteiger partial charge in [0.05, 0.1) is 14.7 Å². The summed E-state index contributed by atoms with van der Waals surface area (Å²) in [5.74, 6) is -9.56. The summed E-state index contributed by atoms with van der Waals surface area (Å²) in [4.78, 5) is 15.9. The number of esters is 1. The molecule has 0 saturated carbocycles. The lowest BCUT2D eigenvalue weighted by atomic mass is 10.3. The minimum atomic E-state index is -1.80. The standard InChI is InChI=1S/C14H4BrF4NO2S/c15-8-9(16)11(18)13(12(19)10(8)17)22-14(21)7-4-5-6(23-7)2-1-3-20-5/h1-4H. The Morgan fingerprint density at radius 1 is 1.13 bits per heavy atom. The van der Waals surface area contributed by atoms with Gasteiger partial charge in [-0.1, -0.05) is 0 Å². The molecule has 0 N–H and O–H groups in total. The van der Waals surface area contributed by atoms with Gasteiger partial charge in [0.25, 0.3) is 0 Å². The zero-order valence-corrected chi connectivity index (χ0v) is 13.3. The van der Waals surface area contributed by atoms with Crippen molar-refractivity contribution in [1.82, 2.24) is 4.98 Å². The van der Waals surface area contributed by atoms with Gasteiger partial charge in [-0.25, -0.2) is 13.6 Å². The maximum absolute atomic E-state index is 13.7. The molecule has 0 fully saturated rings. The van der Waals surface area contributed by atoms with Crippen molar-refractivity contribution in [2.75, 3.05) is 0 Å². The van der Waals surface area contributed by atoms with Crippen molar-refractivity contribution in [2.45, 2.75) is 0 Å². The lowest BCUT2D eigenvalue weighted by molar-refractivity contribution is 0.0722. The molecular formula is C14H4BrF4NO2S. The predicted molar refractivity (Wildman–Crippen MR) is 78.6 cm³/mol. The molecule has 0 unspecified atom stereocenters. The molecule has 1 aromatic carbocycles. The van der Waals surface area contributed by atoms with Crippen LogP contribution in [0.25, 0.3) is 10.2 Å². The van der Waals surface area contributed by atoms with E-state index in [0.717, 1.165) is 11.3 Å². The van der Waals surface area contributed by atoms with E-state index in [2.05, 4.69) is 25.7 Å². The topological polar surface area (TPSA) is 39.2 Å². The molecule has 9 heteroatoms. The molecule has 0 radical (unpaired) electrons. The normalized spacial score (nSPS) is 11.0. The Morgan fingerprint density at radius 2 is 1.78 bits per heavy atom. The number of halogens is 5. The van der Waals surface area contributed by atoms with Crippen LogP contribution in [0.2, 0.25) is 0 Å². The first-order chi connectivity index (χ1) is 10.9. The third kappa shape index (κ3) is 2.70. The highest BCUT2D eigenvalue weighted by Crippen LogP contribution is 2.34. The molecule has 0 aliphatic carbocycles. The number of aromatic nitrogens is 1. The van der Waals surface area contributed by atoms with E-state index in [1.165, 1.54) is 12.3 Å². The highest BCUT2D eigenvalue weighted by Gasteiger charge is 2.28. The second kappa shape index (κ2) is 5.89. The second-order valence-electron chi connectivity index (χ2n) is 4.29. The van der Waals surface area contributed by atoms with Crippen LogP contribution in [0.1, 0.15) is 9.67 Å². The molecule has 3 rings (SSSR count). The number of carbonyl (C=O) groups excluding carboxylic acids is 1. The first-order valence-corrected chi connectivity index (χ1v) is 7.59. The van der Waals surface area contributed by atoms with Crippen molar-refractivity contribution in [1.29, 1.82) is 0 Å². The molecule has 3 nitrogen and oxygen atoms in total. The summed E-state index contributed by atoms with van der Waals surface area (Å²) in [7, 11) is 0. The van der Waals surface area contributed by atoms with E-state index in [9.17, 15) is 22.4 Å². The van der Waals surface area contributed by atoms with Gasteiger partial charge in [0.15, 0.2) is 11.6 Å². The quantitative estimate of drug-likeness (QED) is 0.201. The summed E-state index contributed by atoms with van der Waals surface area (Å²) in [6.45, 7) is 0. The van der Waals surface area contributed by atoms with E-state index >= 15 is 0 Å². The van der Waals surface area contributed by atoms with Crippen LogP contribution in [-0.2, 0) is 0 Å². The number of thiophene rings is 1. The van der Waals surface area contributed by atoms with Gasteiger partial charge >= 0.3 is 5.97 Å². The molecule has 118 valence electrons. The minimum Gasteiger partial charge on any atom is -0.416 e. The number of carbonyl (C=O) groups is 1. The SMILES string of the molecule is O=C(Oc1c(F)c(F)c(Br)c(F)c1F)c1cc2ncccc2s1. The van der Waals surface area contributed by atoms with Crippen molar-refractivity contribution in [3.05, 3.63) is 57.0 Å². The largest absolute Gasteiger partial charge is 0.416 e. The number of benzene rings is 1. The Morgan fingerprint density at radius 3 is 2.39 bits per heavy atom. The van der Waals surface area contributed by atoms with E-state index in [0.29, 0.717) is 10.2 Å². The molecule has 0 atom stereocenters. The Balaban J connectivity index is 2.00. The van der Waals surface area contributed by atoms with E-state index < -0.39 is 39.5 Å². The monoisotopic (exact) mass is 405 g/mol. The van der Waals surface area contributed by atoms with Crippen LogP contribution in [0.15, 0.2) is 28.9 Å². The fourth-order valence-corrected chi connectivity index (χ4v) is 3.03. The number of nitrogens with zero attached hydrogens (tertiary/aromatic N) is 1. The zero-order valence-electron chi connectivity index (χ0n) is 10.9. The van der Waals surface area contributed by atoms with E-state index in [1.54, 1.807) is 12.1 Å². The fraction of sp³-hybridized carbons (Fsp3) is 0. The summed E-state index contributed by atoms with van der Waals surface area (Å²) < 4.78 is 58.4. The molecule has 0 bridgehead atoms. The maximum atomic E-state index is 13.7. The van der Waals surface area contributed by atoms with Crippen LogP contribution in [-0.4, -0.2) is 11.0 Å². The Bertz CT molecular complexity index is 882. The highest BCUT2D eigenvalue weighted by atomic mass is 79.9. The molecule has 2 heterocycles. The van der Waals surface area contributed by atoms with Gasteiger partial charge in [0, 0.05) is 6.20 Å². The van der Waals surface area contributed by atoms with Crippen molar-refractivity contribution in [2.24, 2.45) is 0 Å². The molecule has 0 saturated heterocycles. The lowest BCUT2D eigenvalue weighted by Crippen LogP contribution is -2.11. The number of fused-ring (bicyclic) bond motifs is 1. The van der Waals surface area contributed by atoms with Crippen LogP contribution in [0.5, 0.6) is 5.75 Å².